The lowest BCUT2D eigenvalue weighted by Gasteiger charge is -2.22. The Balaban J connectivity index is 1.48. The quantitative estimate of drug-likeness (QED) is 0.422. The second kappa shape index (κ2) is 8.22. The normalized spacial score (nSPS) is 17.8. The fourth-order valence-electron chi connectivity index (χ4n) is 4.51. The van der Waals surface area contributed by atoms with Crippen LogP contribution in [0.3, 0.4) is 0 Å². The van der Waals surface area contributed by atoms with Gasteiger partial charge in [-0.15, -0.1) is 11.3 Å². The van der Waals surface area contributed by atoms with Crippen LogP contribution in [0.1, 0.15) is 36.6 Å². The minimum Gasteiger partial charge on any atom is -0.327 e. The van der Waals surface area contributed by atoms with Crippen LogP contribution < -0.4 is 0 Å². The standard InChI is InChI=1S/C23H27N5O2S2/c1-4-28-19-12-11-16(32(29,30)26(2)3)14-18(19)24-22(28)15-27-13-7-9-20(27)23-25-17-8-5-6-10-21(17)31-23/h5-6,8,10-12,14,20H,4,7,9,13,15H2,1-3H3/t20-/m0/s1. The van der Waals surface area contributed by atoms with Crippen LogP contribution in [0.5, 0.6) is 0 Å². The van der Waals surface area contributed by atoms with Gasteiger partial charge in [0.25, 0.3) is 0 Å². The number of nitrogens with zero attached hydrogens (tertiary/aromatic N) is 5. The molecule has 1 aliphatic heterocycles. The van der Waals surface area contributed by atoms with Crippen molar-refractivity contribution in [1.82, 2.24) is 23.7 Å². The summed E-state index contributed by atoms with van der Waals surface area (Å²) in [4.78, 5) is 12.5. The van der Waals surface area contributed by atoms with E-state index in [1.165, 1.54) is 14.0 Å². The predicted molar refractivity (Wildman–Crippen MR) is 128 cm³/mol. The van der Waals surface area contributed by atoms with Crippen molar-refractivity contribution in [2.45, 2.75) is 43.8 Å². The summed E-state index contributed by atoms with van der Waals surface area (Å²) in [5.74, 6) is 0.968. The Hall–Kier alpha value is -2.33. The van der Waals surface area contributed by atoms with Crippen LogP contribution in [-0.2, 0) is 23.1 Å². The lowest BCUT2D eigenvalue weighted by molar-refractivity contribution is 0.239. The Morgan fingerprint density at radius 1 is 1.12 bits per heavy atom. The van der Waals surface area contributed by atoms with Crippen molar-refractivity contribution in [3.63, 3.8) is 0 Å². The lowest BCUT2D eigenvalue weighted by Crippen LogP contribution is -2.24. The van der Waals surface area contributed by atoms with Crippen molar-refractivity contribution in [3.05, 3.63) is 53.3 Å². The number of aryl methyl sites for hydroxylation is 1. The third-order valence-electron chi connectivity index (χ3n) is 6.20. The summed E-state index contributed by atoms with van der Waals surface area (Å²) in [6.45, 7) is 4.61. The molecule has 1 atom stereocenters. The van der Waals surface area contributed by atoms with Crippen LogP contribution in [0.15, 0.2) is 47.4 Å². The first kappa shape index (κ1) is 21.5. The molecule has 3 heterocycles. The molecule has 2 aromatic carbocycles. The maximum atomic E-state index is 12.6. The van der Waals surface area contributed by atoms with E-state index in [1.807, 2.05) is 12.1 Å². The first-order valence-electron chi connectivity index (χ1n) is 10.9. The molecular formula is C23H27N5O2S2. The number of para-hydroxylation sites is 1. The number of aromatic nitrogens is 3. The van der Waals surface area contributed by atoms with Crippen LogP contribution in [-0.4, -0.2) is 52.8 Å². The minimum atomic E-state index is -3.49. The summed E-state index contributed by atoms with van der Waals surface area (Å²) in [5, 5.41) is 1.17. The van der Waals surface area contributed by atoms with Crippen molar-refractivity contribution in [1.29, 1.82) is 0 Å². The minimum absolute atomic E-state index is 0.274. The van der Waals surface area contributed by atoms with Crippen molar-refractivity contribution in [2.75, 3.05) is 20.6 Å². The number of rotatable bonds is 6. The molecule has 0 unspecified atom stereocenters. The highest BCUT2D eigenvalue weighted by molar-refractivity contribution is 7.89. The van der Waals surface area contributed by atoms with Crippen LogP contribution in [0.4, 0.5) is 0 Å². The van der Waals surface area contributed by atoms with Gasteiger partial charge in [-0.3, -0.25) is 4.90 Å². The molecule has 0 saturated carbocycles. The first-order valence-corrected chi connectivity index (χ1v) is 13.2. The molecular weight excluding hydrogens is 442 g/mol. The largest absolute Gasteiger partial charge is 0.327 e. The molecule has 2 aromatic heterocycles. The first-order chi connectivity index (χ1) is 15.4. The molecule has 5 rings (SSSR count). The molecule has 0 amide bonds. The van der Waals surface area contributed by atoms with Crippen molar-refractivity contribution in [2.24, 2.45) is 0 Å². The van der Waals surface area contributed by atoms with Crippen molar-refractivity contribution >= 4 is 42.6 Å². The predicted octanol–water partition coefficient (Wildman–Crippen LogP) is 4.25. The number of sulfonamides is 1. The van der Waals surface area contributed by atoms with Gasteiger partial charge in [0.2, 0.25) is 10.0 Å². The maximum Gasteiger partial charge on any atom is 0.242 e. The highest BCUT2D eigenvalue weighted by Gasteiger charge is 2.30. The summed E-state index contributed by atoms with van der Waals surface area (Å²) in [5.41, 5.74) is 2.76. The number of hydrogen-bond donors (Lipinski definition) is 0. The van der Waals surface area contributed by atoms with Gasteiger partial charge < -0.3 is 4.57 Å². The van der Waals surface area contributed by atoms with E-state index in [4.69, 9.17) is 9.97 Å². The Bertz CT molecular complexity index is 1360. The molecule has 7 nitrogen and oxygen atoms in total. The number of thiazole rings is 1. The maximum absolute atomic E-state index is 12.6. The lowest BCUT2D eigenvalue weighted by atomic mass is 10.2. The molecule has 1 aliphatic rings. The summed E-state index contributed by atoms with van der Waals surface area (Å²) in [7, 11) is -0.398. The van der Waals surface area contributed by atoms with Gasteiger partial charge in [-0.1, -0.05) is 12.1 Å². The molecule has 1 fully saturated rings. The zero-order valence-corrected chi connectivity index (χ0v) is 20.2. The molecule has 0 aliphatic carbocycles. The van der Waals surface area contributed by atoms with E-state index < -0.39 is 10.0 Å². The second-order valence-corrected chi connectivity index (χ2v) is 11.6. The zero-order valence-electron chi connectivity index (χ0n) is 18.5. The van der Waals surface area contributed by atoms with E-state index >= 15 is 0 Å². The number of benzene rings is 2. The molecule has 1 saturated heterocycles. The van der Waals surface area contributed by atoms with Gasteiger partial charge in [0.1, 0.15) is 10.8 Å². The Morgan fingerprint density at radius 2 is 1.94 bits per heavy atom. The smallest absolute Gasteiger partial charge is 0.242 e. The van der Waals surface area contributed by atoms with E-state index in [2.05, 4.69) is 34.6 Å². The third-order valence-corrected chi connectivity index (χ3v) is 9.15. The van der Waals surface area contributed by atoms with Crippen LogP contribution in [0.25, 0.3) is 21.3 Å². The molecule has 32 heavy (non-hydrogen) atoms. The average Bonchev–Trinajstić information content (AvgIpc) is 3.49. The zero-order chi connectivity index (χ0) is 22.5. The highest BCUT2D eigenvalue weighted by Crippen LogP contribution is 2.37. The molecule has 168 valence electrons. The number of fused-ring (bicyclic) bond motifs is 2. The Morgan fingerprint density at radius 3 is 2.69 bits per heavy atom. The van der Waals surface area contributed by atoms with Gasteiger partial charge in [0.15, 0.2) is 0 Å². The Kier molecular flexibility index (Phi) is 5.53. The highest BCUT2D eigenvalue weighted by atomic mass is 32.2. The van der Waals surface area contributed by atoms with Gasteiger partial charge >= 0.3 is 0 Å². The molecule has 0 spiro atoms. The van der Waals surface area contributed by atoms with Gasteiger partial charge in [-0.2, -0.15) is 0 Å². The average molecular weight is 470 g/mol. The van der Waals surface area contributed by atoms with Crippen molar-refractivity contribution in [3.8, 4) is 0 Å². The van der Waals surface area contributed by atoms with Crippen LogP contribution >= 0.6 is 11.3 Å². The molecule has 0 N–H and O–H groups in total. The summed E-state index contributed by atoms with van der Waals surface area (Å²) < 4.78 is 29.8. The SMILES string of the molecule is CCn1c(CN2CCC[C@H]2c2nc3ccccc3s2)nc2cc(S(=O)(=O)N(C)C)ccc21. The third kappa shape index (κ3) is 3.63. The topological polar surface area (TPSA) is 71.3 Å². The van der Waals surface area contributed by atoms with E-state index in [0.717, 1.165) is 54.9 Å². The fraction of sp³-hybridized carbons (Fsp3) is 0.391. The van der Waals surface area contributed by atoms with Gasteiger partial charge in [-0.25, -0.2) is 22.7 Å². The van der Waals surface area contributed by atoms with E-state index in [9.17, 15) is 8.42 Å². The molecule has 0 radical (unpaired) electrons. The van der Waals surface area contributed by atoms with E-state index in [-0.39, 0.29) is 4.90 Å². The van der Waals surface area contributed by atoms with Crippen LogP contribution in [0.2, 0.25) is 0 Å². The monoisotopic (exact) mass is 469 g/mol. The van der Waals surface area contributed by atoms with Crippen LogP contribution in [0, 0.1) is 0 Å². The van der Waals surface area contributed by atoms with Crippen molar-refractivity contribution < 1.29 is 8.42 Å². The molecule has 4 aromatic rings. The fourth-order valence-corrected chi connectivity index (χ4v) is 6.57. The Labute approximate surface area is 192 Å². The molecule has 9 heteroatoms. The molecule has 0 bridgehead atoms. The number of imidazole rings is 1. The number of hydrogen-bond acceptors (Lipinski definition) is 6. The van der Waals surface area contributed by atoms with Gasteiger partial charge in [-0.05, 0) is 56.6 Å². The van der Waals surface area contributed by atoms with Gasteiger partial charge in [0.05, 0.1) is 38.7 Å². The summed E-state index contributed by atoms with van der Waals surface area (Å²) in [6.07, 6.45) is 2.23. The van der Waals surface area contributed by atoms with E-state index in [0.29, 0.717) is 6.04 Å². The summed E-state index contributed by atoms with van der Waals surface area (Å²) >= 11 is 1.78. The van der Waals surface area contributed by atoms with E-state index in [1.54, 1.807) is 37.6 Å². The van der Waals surface area contributed by atoms with Gasteiger partial charge in [0, 0.05) is 20.6 Å². The number of likely N-dealkylation sites (tertiary alicyclic amines) is 1. The summed E-state index contributed by atoms with van der Waals surface area (Å²) in [6, 6.07) is 13.8. The second-order valence-electron chi connectivity index (χ2n) is 8.36.